The number of aliphatic imine (C=N–C) groups is 6. The summed E-state index contributed by atoms with van der Waals surface area (Å²) in [6.07, 6.45) is -0.481. The number of carbonyl (C=O) groups excluding carboxylic acids is 9. The van der Waals surface area contributed by atoms with E-state index in [1.54, 1.807) is 30.3 Å². The first-order chi connectivity index (χ1) is 45.4. The van der Waals surface area contributed by atoms with Gasteiger partial charge in [-0.05, 0) is 115 Å². The van der Waals surface area contributed by atoms with Gasteiger partial charge in [0.05, 0.1) is 6.04 Å². The van der Waals surface area contributed by atoms with E-state index in [1.807, 2.05) is 0 Å². The first-order valence-electron chi connectivity index (χ1n) is 31.2. The molecule has 0 fully saturated rings. The monoisotopic (exact) mass is 1360 g/mol. The third kappa shape index (κ3) is 38.5. The van der Waals surface area contributed by atoms with Gasteiger partial charge in [-0.1, -0.05) is 30.3 Å². The number of carboxylic acids is 1. The van der Waals surface area contributed by atoms with Crippen molar-refractivity contribution in [3.8, 4) is 0 Å². The Labute approximate surface area is 556 Å². The lowest BCUT2D eigenvalue weighted by Gasteiger charge is -2.28. The number of hydrogen-bond acceptors (Lipinski definition) is 18. The number of aliphatic carboxylic acids is 1. The molecule has 538 valence electrons. The summed E-state index contributed by atoms with van der Waals surface area (Å²) in [6.45, 7) is 0.240. The van der Waals surface area contributed by atoms with Crippen molar-refractivity contribution in [1.29, 1.82) is 0 Å². The van der Waals surface area contributed by atoms with Crippen molar-refractivity contribution >= 4 is 94.9 Å². The second kappa shape index (κ2) is 47.4. The Morgan fingerprint density at radius 2 is 0.594 bits per heavy atom. The quantitative estimate of drug-likeness (QED) is 0.0164. The summed E-state index contributed by atoms with van der Waals surface area (Å²) in [5.74, 6) is -11.2. The highest BCUT2D eigenvalue weighted by Gasteiger charge is 2.35. The summed E-state index contributed by atoms with van der Waals surface area (Å²) in [5.41, 5.74) is 84.2. The Morgan fingerprint density at radius 1 is 0.333 bits per heavy atom. The fourth-order valence-corrected chi connectivity index (χ4v) is 9.06. The number of carbonyl (C=O) groups is 10. The molecule has 0 aromatic heterocycles. The fraction of sp³-hybridized carbons (Fsp3) is 0.607. The topological polar surface area (TPSA) is 752 Å². The molecule has 40 nitrogen and oxygen atoms in total. The number of carboxylic acid groups (broad SMARTS) is 1. The third-order valence-corrected chi connectivity index (χ3v) is 14.0. The second-order valence-electron chi connectivity index (χ2n) is 22.1. The van der Waals surface area contributed by atoms with E-state index in [9.17, 15) is 53.1 Å². The zero-order valence-electron chi connectivity index (χ0n) is 54.1. The fourth-order valence-electron chi connectivity index (χ4n) is 9.06. The molecule has 0 aliphatic carbocycles. The highest BCUT2D eigenvalue weighted by Crippen LogP contribution is 2.13. The van der Waals surface area contributed by atoms with Crippen LogP contribution in [0.4, 0.5) is 0 Å². The molecule has 0 saturated heterocycles. The maximum Gasteiger partial charge on any atom is 0.326 e. The Bertz CT molecular complexity index is 2820. The molecular formula is C56H103N29O11. The van der Waals surface area contributed by atoms with E-state index in [0.717, 1.165) is 0 Å². The van der Waals surface area contributed by atoms with Gasteiger partial charge < -0.3 is 134 Å². The van der Waals surface area contributed by atoms with Crippen LogP contribution in [0.25, 0.3) is 0 Å². The molecule has 1 aromatic rings. The number of rotatable bonds is 50. The maximum absolute atomic E-state index is 14.7. The minimum absolute atomic E-state index is 0.00966. The van der Waals surface area contributed by atoms with Crippen molar-refractivity contribution in [2.75, 3.05) is 45.8 Å². The van der Waals surface area contributed by atoms with Crippen LogP contribution in [0.3, 0.4) is 0 Å². The molecule has 0 bridgehead atoms. The van der Waals surface area contributed by atoms with Crippen molar-refractivity contribution in [1.82, 2.24) is 42.5 Å². The lowest BCUT2D eigenvalue weighted by molar-refractivity contribution is -0.142. The summed E-state index contributed by atoms with van der Waals surface area (Å²) in [7, 11) is 0. The minimum Gasteiger partial charge on any atom is -0.480 e. The van der Waals surface area contributed by atoms with Gasteiger partial charge in [0.25, 0.3) is 0 Å². The molecule has 0 aliphatic heterocycles. The molecule has 0 spiro atoms. The van der Waals surface area contributed by atoms with E-state index in [4.69, 9.17) is 86.0 Å². The van der Waals surface area contributed by atoms with E-state index < -0.39 is 126 Å². The van der Waals surface area contributed by atoms with E-state index in [1.165, 1.54) is 0 Å². The van der Waals surface area contributed by atoms with Gasteiger partial charge in [0.1, 0.15) is 48.3 Å². The van der Waals surface area contributed by atoms with E-state index in [-0.39, 0.29) is 165 Å². The van der Waals surface area contributed by atoms with Gasteiger partial charge in [-0.2, -0.15) is 0 Å². The van der Waals surface area contributed by atoms with Gasteiger partial charge in [-0.25, -0.2) is 4.79 Å². The molecule has 40 heteroatoms. The highest BCUT2D eigenvalue weighted by molar-refractivity contribution is 5.98. The standard InChI is InChI=1S/C56H103N29O11/c57-23-5-4-15-33(82-49(94)40(30-31-12-2-1-3-13-31)85-42(87)32(58)14-6-24-72-51(60)61)43(88)78-34(16-7-25-73-52(62)63)44(89)79-36(18-9-27-75-54(66)67)46(91)83-38(21-22-41(59)86)48(93)81-35(17-8-26-74-53(64)65)45(90)80-37(19-10-28-76-55(68)69)47(92)84-39(50(95)96)20-11-29-77-56(70)71/h1-3,12-13,32-40H,4-11,14-30,57-58H2,(H2,59,86)(H,78,88)(H,79,89)(H,80,90)(H,81,93)(H,82,94)(H,83,91)(H,84,92)(H,85,87)(H,95,96)(H4,60,61,72)(H4,62,63,73)(H4,64,65,74)(H4,66,67,75)(H4,68,69,76)(H4,70,71,77)/t32-,33-,34-,35-,36+,37-,38-,39+,40-/m0/s1. The molecule has 96 heavy (non-hydrogen) atoms. The first-order valence-corrected chi connectivity index (χ1v) is 31.2. The number of unbranched alkanes of at least 4 members (excludes halogenated alkanes) is 1. The largest absolute Gasteiger partial charge is 0.480 e. The molecule has 39 N–H and O–H groups in total. The van der Waals surface area contributed by atoms with Crippen LogP contribution >= 0.6 is 0 Å². The van der Waals surface area contributed by atoms with Crippen molar-refractivity contribution in [3.63, 3.8) is 0 Å². The van der Waals surface area contributed by atoms with E-state index in [2.05, 4.69) is 72.5 Å². The van der Waals surface area contributed by atoms with Crippen LogP contribution in [0.5, 0.6) is 0 Å². The van der Waals surface area contributed by atoms with Crippen molar-refractivity contribution in [3.05, 3.63) is 35.9 Å². The predicted molar refractivity (Wildman–Crippen MR) is 362 cm³/mol. The molecule has 0 saturated carbocycles. The average molecular weight is 1360 g/mol. The zero-order chi connectivity index (χ0) is 72.1. The molecule has 0 heterocycles. The molecule has 0 radical (unpaired) electrons. The van der Waals surface area contributed by atoms with Gasteiger partial charge >= 0.3 is 5.97 Å². The number of nitrogens with one attached hydrogen (secondary N) is 8. The van der Waals surface area contributed by atoms with Crippen LogP contribution in [0, 0.1) is 0 Å². The van der Waals surface area contributed by atoms with Crippen molar-refractivity contribution in [2.45, 2.75) is 170 Å². The van der Waals surface area contributed by atoms with Gasteiger partial charge in [0.15, 0.2) is 35.8 Å². The Kier molecular flexibility index (Phi) is 41.2. The van der Waals surface area contributed by atoms with Crippen molar-refractivity contribution < 1.29 is 53.1 Å². The minimum atomic E-state index is -1.70. The van der Waals surface area contributed by atoms with Gasteiger partial charge in [0, 0.05) is 52.1 Å². The Balaban J connectivity index is 3.87. The number of guanidine groups is 6. The van der Waals surface area contributed by atoms with Crippen LogP contribution in [0.2, 0.25) is 0 Å². The lowest BCUT2D eigenvalue weighted by Crippen LogP contribution is -2.60. The lowest BCUT2D eigenvalue weighted by atomic mass is 10.0. The molecule has 0 unspecified atom stereocenters. The number of primary amides is 1. The summed E-state index contributed by atoms with van der Waals surface area (Å²) in [4.78, 5) is 163. The summed E-state index contributed by atoms with van der Waals surface area (Å²) in [5, 5.41) is 30.7. The van der Waals surface area contributed by atoms with Crippen LogP contribution in [-0.2, 0) is 54.4 Å². The van der Waals surface area contributed by atoms with Crippen LogP contribution in [-0.4, -0.2) is 200 Å². The summed E-state index contributed by atoms with van der Waals surface area (Å²) in [6, 6.07) is -4.31. The highest BCUT2D eigenvalue weighted by atomic mass is 16.4. The molecular weight excluding hydrogens is 1250 g/mol. The number of benzene rings is 1. The predicted octanol–water partition coefficient (Wildman–Crippen LogP) is -9.76. The van der Waals surface area contributed by atoms with Gasteiger partial charge in [-0.15, -0.1) is 0 Å². The number of nitrogens with zero attached hydrogens (tertiary/aromatic N) is 6. The normalized spacial score (nSPS) is 13.5. The van der Waals surface area contributed by atoms with Crippen LogP contribution in [0.1, 0.15) is 115 Å². The van der Waals surface area contributed by atoms with E-state index >= 15 is 0 Å². The maximum atomic E-state index is 14.7. The third-order valence-electron chi connectivity index (χ3n) is 14.0. The van der Waals surface area contributed by atoms with Gasteiger partial charge in [0.2, 0.25) is 53.2 Å². The van der Waals surface area contributed by atoms with Crippen LogP contribution < -0.4 is 129 Å². The molecule has 9 amide bonds. The smallest absolute Gasteiger partial charge is 0.326 e. The first kappa shape index (κ1) is 83.5. The number of amides is 9. The Morgan fingerprint density at radius 3 is 0.885 bits per heavy atom. The average Bonchev–Trinajstić information content (AvgIpc) is 3.35. The summed E-state index contributed by atoms with van der Waals surface area (Å²) < 4.78 is 0. The van der Waals surface area contributed by atoms with E-state index in [0.29, 0.717) is 24.8 Å². The number of hydrogen-bond donors (Lipinski definition) is 24. The summed E-state index contributed by atoms with van der Waals surface area (Å²) >= 11 is 0. The van der Waals surface area contributed by atoms with Crippen LogP contribution in [0.15, 0.2) is 60.3 Å². The second-order valence-corrected chi connectivity index (χ2v) is 22.1. The molecule has 1 aromatic carbocycles. The SMILES string of the molecule is NCCCC[C@H](NC(=O)[C@H](Cc1ccccc1)NC(=O)[C@@H](N)CCCN=C(N)N)C(=O)N[C@@H](CCCN=C(N)N)C(=O)N[C@H](CCCN=C(N)N)C(=O)N[C@@H](CCC(N)=O)C(=O)N[C@@H](CCCN=C(N)N)C(=O)N[C@@H](CCCN=C(N)N)C(=O)N[C@H](CCCN=C(N)N)C(=O)O. The molecule has 0 aliphatic rings. The molecule has 9 atom stereocenters. The number of nitrogens with two attached hydrogens (primary N) is 15. The van der Waals surface area contributed by atoms with Gasteiger partial charge in [-0.3, -0.25) is 73.1 Å². The Hall–Kier alpha value is -10.5. The van der Waals surface area contributed by atoms with Crippen molar-refractivity contribution in [2.24, 2.45) is 116 Å². The zero-order valence-corrected chi connectivity index (χ0v) is 54.1. The molecule has 1 rings (SSSR count).